The Balaban J connectivity index is 1.77. The van der Waals surface area contributed by atoms with Crippen molar-refractivity contribution in [3.8, 4) is 0 Å². The van der Waals surface area contributed by atoms with Gasteiger partial charge < -0.3 is 25.2 Å². The van der Waals surface area contributed by atoms with Gasteiger partial charge in [0.2, 0.25) is 0 Å². The highest BCUT2D eigenvalue weighted by molar-refractivity contribution is 7.85. The largest absolute Gasteiger partial charge is 0.479 e. The van der Waals surface area contributed by atoms with Gasteiger partial charge in [-0.2, -0.15) is 8.42 Å². The molecule has 1 atom stereocenters. The van der Waals surface area contributed by atoms with Crippen molar-refractivity contribution in [1.29, 1.82) is 0 Å². The molecule has 3 rings (SSSR count). The molecular formula is C29H38N2O10S2. The summed E-state index contributed by atoms with van der Waals surface area (Å²) in [6, 6.07) is 5.50. The molecule has 2 aromatic rings. The summed E-state index contributed by atoms with van der Waals surface area (Å²) in [6.07, 6.45) is 0.951. The second-order valence-corrected chi connectivity index (χ2v) is 15.2. The molecule has 0 bridgehead atoms. The normalized spacial score (nSPS) is 15.3. The number of fused-ring (bicyclic) bond motifs is 1. The maximum atomic E-state index is 13.0. The smallest absolute Gasteiger partial charge is 0.410 e. The summed E-state index contributed by atoms with van der Waals surface area (Å²) in [4.78, 5) is 53.5. The number of aliphatic carboxylic acids is 1. The Kier molecular flexibility index (Phi) is 9.81. The van der Waals surface area contributed by atoms with Crippen LogP contribution in [0.15, 0.2) is 24.3 Å². The number of ketones is 1. The molecule has 3 N–H and O–H groups in total. The number of benzene rings is 1. The molecule has 12 nitrogen and oxygen atoms in total. The monoisotopic (exact) mass is 638 g/mol. The average molecular weight is 639 g/mol. The lowest BCUT2D eigenvalue weighted by Crippen LogP contribution is -2.48. The van der Waals surface area contributed by atoms with Gasteiger partial charge in [0.25, 0.3) is 16.0 Å². The van der Waals surface area contributed by atoms with Gasteiger partial charge in [-0.3, -0.25) is 13.8 Å². The number of ether oxygens (including phenoxy) is 1. The van der Waals surface area contributed by atoms with Crippen LogP contribution in [-0.4, -0.2) is 72.2 Å². The molecule has 2 heterocycles. The van der Waals surface area contributed by atoms with Crippen LogP contribution >= 0.6 is 11.3 Å². The Morgan fingerprint density at radius 3 is 2.28 bits per heavy atom. The molecule has 2 amide bonds. The molecule has 43 heavy (non-hydrogen) atoms. The summed E-state index contributed by atoms with van der Waals surface area (Å²) < 4.78 is 33.7. The maximum absolute atomic E-state index is 13.0. The predicted molar refractivity (Wildman–Crippen MR) is 158 cm³/mol. The van der Waals surface area contributed by atoms with Gasteiger partial charge in [0.1, 0.15) is 5.60 Å². The third-order valence-electron chi connectivity index (χ3n) is 6.79. The Hall–Kier alpha value is -3.33. The molecule has 14 heteroatoms. The minimum atomic E-state index is -3.94. The zero-order chi connectivity index (χ0) is 32.5. The fraction of sp³-hybridized carbons (Fsp3) is 0.517. The molecule has 0 fully saturated rings. The quantitative estimate of drug-likeness (QED) is 0.272. The number of hydrogen-bond acceptors (Lipinski definition) is 10. The first-order chi connectivity index (χ1) is 19.6. The van der Waals surface area contributed by atoms with Crippen molar-refractivity contribution in [2.45, 2.75) is 72.3 Å². The fourth-order valence-corrected chi connectivity index (χ4v) is 5.95. The number of Topliss-reactive ketones (excluding diaryl/α,β-unsaturated/α-hetero) is 1. The number of carbonyl (C=O) groups is 4. The third-order valence-corrected chi connectivity index (χ3v) is 8.57. The molecule has 1 unspecified atom stereocenters. The Morgan fingerprint density at radius 1 is 1.07 bits per heavy atom. The lowest BCUT2D eigenvalue weighted by Gasteiger charge is -2.38. The van der Waals surface area contributed by atoms with E-state index in [0.29, 0.717) is 24.4 Å². The van der Waals surface area contributed by atoms with Gasteiger partial charge in [0.05, 0.1) is 30.8 Å². The van der Waals surface area contributed by atoms with Gasteiger partial charge in [-0.05, 0) is 50.5 Å². The number of nitrogens with one attached hydrogen (secondary N) is 1. The molecule has 236 valence electrons. The molecule has 0 radical (unpaired) electrons. The van der Waals surface area contributed by atoms with Gasteiger partial charge >= 0.3 is 12.1 Å². The van der Waals surface area contributed by atoms with E-state index >= 15 is 0 Å². The number of rotatable bonds is 9. The minimum Gasteiger partial charge on any atom is -0.479 e. The Morgan fingerprint density at radius 2 is 1.72 bits per heavy atom. The third kappa shape index (κ3) is 8.19. The molecule has 1 aliphatic rings. The van der Waals surface area contributed by atoms with Crippen LogP contribution in [0.5, 0.6) is 0 Å². The van der Waals surface area contributed by atoms with E-state index in [1.165, 1.54) is 50.3 Å². The first kappa shape index (κ1) is 34.2. The van der Waals surface area contributed by atoms with Gasteiger partial charge in [-0.25, -0.2) is 9.59 Å². The van der Waals surface area contributed by atoms with Gasteiger partial charge in [0.15, 0.2) is 11.4 Å². The number of aliphatic hydroxyl groups is 1. The van der Waals surface area contributed by atoms with Crippen LogP contribution in [0.2, 0.25) is 0 Å². The standard InChI is InChI=1S/C29H38N2O10S2/c1-27(2,3)29(37,25(34)35)20-9-8-17(12-19(20)16-40-43(7,38)39)21(32)14-30-24(33)23-13-18-15-31(11-10-22(18)42-23)26(36)41-28(4,5)6/h8-9,12-13,37H,10-11,14-16H2,1-7H3,(H,30,33)(H,34,35). The predicted octanol–water partition coefficient (Wildman–Crippen LogP) is 3.45. The number of hydrogen-bond donors (Lipinski definition) is 3. The van der Waals surface area contributed by atoms with Crippen molar-refractivity contribution >= 4 is 45.2 Å². The number of carboxylic acid groups (broad SMARTS) is 1. The van der Waals surface area contributed by atoms with Crippen LogP contribution < -0.4 is 5.32 Å². The van der Waals surface area contributed by atoms with Crippen LogP contribution in [-0.2, 0) is 49.0 Å². The van der Waals surface area contributed by atoms with E-state index in [1.54, 1.807) is 31.7 Å². The topological polar surface area (TPSA) is 177 Å². The zero-order valence-corrected chi connectivity index (χ0v) is 26.9. The highest BCUT2D eigenvalue weighted by Crippen LogP contribution is 2.41. The number of carbonyl (C=O) groups excluding carboxylic acids is 3. The van der Waals surface area contributed by atoms with Crippen LogP contribution in [0, 0.1) is 5.41 Å². The summed E-state index contributed by atoms with van der Waals surface area (Å²) in [7, 11) is -3.94. The van der Waals surface area contributed by atoms with E-state index in [-0.39, 0.29) is 16.7 Å². The van der Waals surface area contributed by atoms with Crippen molar-refractivity contribution in [1.82, 2.24) is 10.2 Å². The zero-order valence-electron chi connectivity index (χ0n) is 25.3. The van der Waals surface area contributed by atoms with Crippen molar-refractivity contribution in [3.05, 3.63) is 56.3 Å². The SMILES string of the molecule is CC(C)(C)OC(=O)N1CCc2sc(C(=O)NCC(=O)c3ccc(C(O)(C(=O)O)C(C)(C)C)c(COS(C)(=O)=O)c3)cc2C1. The molecule has 0 aliphatic carbocycles. The summed E-state index contributed by atoms with van der Waals surface area (Å²) in [5.74, 6) is -2.57. The van der Waals surface area contributed by atoms with Crippen LogP contribution in [0.25, 0.3) is 0 Å². The molecular weight excluding hydrogens is 600 g/mol. The number of nitrogens with zero attached hydrogens (tertiary/aromatic N) is 1. The molecule has 0 saturated heterocycles. The summed E-state index contributed by atoms with van der Waals surface area (Å²) in [5, 5.41) is 23.7. The Bertz CT molecular complexity index is 1530. The van der Waals surface area contributed by atoms with E-state index in [2.05, 4.69) is 5.32 Å². The molecule has 1 aromatic heterocycles. The maximum Gasteiger partial charge on any atom is 0.410 e. The van der Waals surface area contributed by atoms with Gasteiger partial charge in [-0.15, -0.1) is 11.3 Å². The van der Waals surface area contributed by atoms with Gasteiger partial charge in [0, 0.05) is 28.0 Å². The second kappa shape index (κ2) is 12.3. The van der Waals surface area contributed by atoms with Crippen LogP contribution in [0.4, 0.5) is 4.79 Å². The first-order valence-electron chi connectivity index (χ1n) is 13.5. The molecule has 0 saturated carbocycles. The van der Waals surface area contributed by atoms with E-state index in [1.807, 2.05) is 0 Å². The summed E-state index contributed by atoms with van der Waals surface area (Å²) in [5.41, 5.74) is -3.54. The second-order valence-electron chi connectivity index (χ2n) is 12.4. The first-order valence-corrected chi connectivity index (χ1v) is 16.1. The number of carboxylic acids is 1. The average Bonchev–Trinajstić information content (AvgIpc) is 3.31. The lowest BCUT2D eigenvalue weighted by molar-refractivity contribution is -0.173. The fourth-order valence-electron chi connectivity index (χ4n) is 4.53. The molecule has 1 aromatic carbocycles. The van der Waals surface area contributed by atoms with Gasteiger partial charge in [-0.1, -0.05) is 32.9 Å². The highest BCUT2D eigenvalue weighted by atomic mass is 32.2. The Labute approximate surface area is 255 Å². The molecule has 1 aliphatic heterocycles. The summed E-state index contributed by atoms with van der Waals surface area (Å²) >= 11 is 1.28. The number of thiophene rings is 1. The van der Waals surface area contributed by atoms with Crippen LogP contribution in [0.3, 0.4) is 0 Å². The van der Waals surface area contributed by atoms with E-state index in [9.17, 15) is 37.8 Å². The van der Waals surface area contributed by atoms with Crippen molar-refractivity contribution in [3.63, 3.8) is 0 Å². The lowest BCUT2D eigenvalue weighted by atomic mass is 9.70. The van der Waals surface area contributed by atoms with E-state index < -0.39 is 63.6 Å². The minimum absolute atomic E-state index is 0.0112. The molecule has 0 spiro atoms. The van der Waals surface area contributed by atoms with E-state index in [4.69, 9.17) is 8.92 Å². The van der Waals surface area contributed by atoms with E-state index in [0.717, 1.165) is 16.7 Å². The van der Waals surface area contributed by atoms with Crippen molar-refractivity contribution in [2.75, 3.05) is 19.3 Å². The van der Waals surface area contributed by atoms with Crippen molar-refractivity contribution < 1.29 is 46.7 Å². The number of amides is 2. The summed E-state index contributed by atoms with van der Waals surface area (Å²) in [6.45, 7) is 9.62. The highest BCUT2D eigenvalue weighted by Gasteiger charge is 2.50. The van der Waals surface area contributed by atoms with Crippen molar-refractivity contribution in [2.24, 2.45) is 5.41 Å². The van der Waals surface area contributed by atoms with Crippen LogP contribution in [0.1, 0.15) is 83.1 Å².